The van der Waals surface area contributed by atoms with Crippen LogP contribution in [-0.2, 0) is 13.5 Å². The van der Waals surface area contributed by atoms with Gasteiger partial charge in [-0.1, -0.05) is 24.3 Å². The number of nitrogens with one attached hydrogen (secondary N) is 1. The fourth-order valence-electron chi connectivity index (χ4n) is 4.79. The number of amides is 2. The number of para-hydroxylation sites is 1. The number of likely N-dealkylation sites (tertiary alicyclic amines) is 1. The van der Waals surface area contributed by atoms with E-state index < -0.39 is 0 Å². The fraction of sp³-hybridized carbons (Fsp3) is 0.286. The maximum absolute atomic E-state index is 13.3. The molecule has 0 bridgehead atoms. The Hall–Kier alpha value is -4.00. The molecule has 7 nitrogen and oxygen atoms in total. The summed E-state index contributed by atoms with van der Waals surface area (Å²) >= 11 is 0. The van der Waals surface area contributed by atoms with Gasteiger partial charge in [-0.05, 0) is 67.5 Å². The van der Waals surface area contributed by atoms with E-state index in [-0.39, 0.29) is 11.8 Å². The van der Waals surface area contributed by atoms with Crippen molar-refractivity contribution in [1.29, 1.82) is 0 Å². The smallest absolute Gasteiger partial charge is 0.258 e. The Labute approximate surface area is 204 Å². The highest BCUT2D eigenvalue weighted by Crippen LogP contribution is 2.24. The molecule has 0 unspecified atom stereocenters. The first-order chi connectivity index (χ1) is 17.0. The minimum Gasteiger partial charge on any atom is -0.339 e. The van der Waals surface area contributed by atoms with E-state index in [4.69, 9.17) is 0 Å². The number of anilines is 1. The first kappa shape index (κ1) is 22.8. The van der Waals surface area contributed by atoms with Crippen molar-refractivity contribution in [2.45, 2.75) is 25.7 Å². The van der Waals surface area contributed by atoms with Crippen molar-refractivity contribution in [1.82, 2.24) is 19.7 Å². The lowest BCUT2D eigenvalue weighted by molar-refractivity contribution is 0.0759. The molecule has 1 atom stereocenters. The van der Waals surface area contributed by atoms with Gasteiger partial charge in [0.1, 0.15) is 0 Å². The Bertz CT molecular complexity index is 1360. The summed E-state index contributed by atoms with van der Waals surface area (Å²) in [5.41, 5.74) is 3.94. The van der Waals surface area contributed by atoms with E-state index in [0.29, 0.717) is 22.7 Å². The van der Waals surface area contributed by atoms with E-state index in [1.54, 1.807) is 36.1 Å². The van der Waals surface area contributed by atoms with Crippen LogP contribution in [0.3, 0.4) is 0 Å². The average molecular weight is 468 g/mol. The van der Waals surface area contributed by atoms with Crippen LogP contribution in [0, 0.1) is 5.92 Å². The molecule has 4 aromatic rings. The van der Waals surface area contributed by atoms with Crippen molar-refractivity contribution in [2.24, 2.45) is 13.0 Å². The highest BCUT2D eigenvalue weighted by molar-refractivity contribution is 6.04. The second kappa shape index (κ2) is 10.1. The largest absolute Gasteiger partial charge is 0.339 e. The number of pyridine rings is 1. The molecule has 178 valence electrons. The van der Waals surface area contributed by atoms with Gasteiger partial charge in [0.25, 0.3) is 11.8 Å². The molecule has 0 radical (unpaired) electrons. The van der Waals surface area contributed by atoms with E-state index in [9.17, 15) is 9.59 Å². The Balaban J connectivity index is 1.21. The molecule has 1 saturated heterocycles. The predicted octanol–water partition coefficient (Wildman–Crippen LogP) is 4.71. The summed E-state index contributed by atoms with van der Waals surface area (Å²) in [6, 6.07) is 17.6. The number of rotatable bonds is 5. The topological polar surface area (TPSA) is 80.1 Å². The van der Waals surface area contributed by atoms with Crippen LogP contribution >= 0.6 is 0 Å². The average Bonchev–Trinajstić information content (AvgIpc) is 3.18. The first-order valence-corrected chi connectivity index (χ1v) is 12.1. The van der Waals surface area contributed by atoms with E-state index >= 15 is 0 Å². The molecule has 3 heterocycles. The minimum absolute atomic E-state index is 0.00972. The van der Waals surface area contributed by atoms with Gasteiger partial charge in [0, 0.05) is 49.2 Å². The highest BCUT2D eigenvalue weighted by Gasteiger charge is 2.22. The first-order valence-electron chi connectivity index (χ1n) is 12.1. The number of hydrogen-bond acceptors (Lipinski definition) is 4. The van der Waals surface area contributed by atoms with Gasteiger partial charge in [-0.2, -0.15) is 5.10 Å². The monoisotopic (exact) mass is 467 g/mol. The Morgan fingerprint density at radius 3 is 2.74 bits per heavy atom. The molecule has 1 aliphatic rings. The third-order valence-corrected chi connectivity index (χ3v) is 6.64. The number of carbonyl (C=O) groups is 2. The number of hydrogen-bond donors (Lipinski definition) is 1. The van der Waals surface area contributed by atoms with Crippen LogP contribution in [0.1, 0.15) is 45.5 Å². The van der Waals surface area contributed by atoms with Crippen LogP contribution in [0.5, 0.6) is 0 Å². The number of nitrogens with zero attached hydrogens (tertiary/aromatic N) is 4. The number of carbonyl (C=O) groups excluding carboxylic acids is 2. The van der Waals surface area contributed by atoms with E-state index in [1.165, 1.54) is 17.1 Å². The third kappa shape index (κ3) is 5.40. The standard InChI is InChI=1S/C28H29N5O2/c1-32-19-24(18-30-32)27(34)31-25-9-4-8-23(16-25)28(35)33-12-5-6-20(11-13-33)14-21-15-22-7-2-3-10-26(22)29-17-21/h2-4,7-10,15-20H,5-6,11-14H2,1H3,(H,31,34)/t20-/m0/s1. The summed E-state index contributed by atoms with van der Waals surface area (Å²) in [6.45, 7) is 1.48. The van der Waals surface area contributed by atoms with Crippen molar-refractivity contribution in [3.63, 3.8) is 0 Å². The van der Waals surface area contributed by atoms with E-state index in [2.05, 4.69) is 27.5 Å². The van der Waals surface area contributed by atoms with Crippen LogP contribution in [0.2, 0.25) is 0 Å². The number of aromatic nitrogens is 3. The van der Waals surface area contributed by atoms with Crippen molar-refractivity contribution < 1.29 is 9.59 Å². The summed E-state index contributed by atoms with van der Waals surface area (Å²) < 4.78 is 1.58. The van der Waals surface area contributed by atoms with Crippen LogP contribution in [-0.4, -0.2) is 44.6 Å². The van der Waals surface area contributed by atoms with Gasteiger partial charge < -0.3 is 10.2 Å². The number of aryl methyl sites for hydroxylation is 1. The predicted molar refractivity (Wildman–Crippen MR) is 136 cm³/mol. The van der Waals surface area contributed by atoms with Gasteiger partial charge in [-0.3, -0.25) is 19.3 Å². The van der Waals surface area contributed by atoms with E-state index in [1.807, 2.05) is 35.4 Å². The van der Waals surface area contributed by atoms with Crippen molar-refractivity contribution in [2.75, 3.05) is 18.4 Å². The molecule has 1 aliphatic heterocycles. The lowest BCUT2D eigenvalue weighted by atomic mass is 9.93. The molecule has 5 rings (SSSR count). The molecular weight excluding hydrogens is 438 g/mol. The molecule has 7 heteroatoms. The number of fused-ring (bicyclic) bond motifs is 1. The summed E-state index contributed by atoms with van der Waals surface area (Å²) in [6.07, 6.45) is 9.19. The van der Waals surface area contributed by atoms with E-state index in [0.717, 1.165) is 44.3 Å². The minimum atomic E-state index is -0.247. The second-order valence-electron chi connectivity index (χ2n) is 9.27. The Morgan fingerprint density at radius 1 is 1.00 bits per heavy atom. The zero-order valence-corrected chi connectivity index (χ0v) is 19.9. The second-order valence-corrected chi connectivity index (χ2v) is 9.27. The lowest BCUT2D eigenvalue weighted by Crippen LogP contribution is -2.32. The molecule has 35 heavy (non-hydrogen) atoms. The molecule has 2 amide bonds. The van der Waals surface area contributed by atoms with Crippen molar-refractivity contribution >= 4 is 28.4 Å². The molecule has 1 N–H and O–H groups in total. The Morgan fingerprint density at radius 2 is 1.89 bits per heavy atom. The quantitative estimate of drug-likeness (QED) is 0.461. The van der Waals surface area contributed by atoms with Crippen LogP contribution < -0.4 is 5.32 Å². The van der Waals surface area contributed by atoms with Gasteiger partial charge >= 0.3 is 0 Å². The summed E-state index contributed by atoms with van der Waals surface area (Å²) in [5, 5.41) is 8.06. The summed E-state index contributed by atoms with van der Waals surface area (Å²) in [4.78, 5) is 32.3. The normalized spacial score (nSPS) is 16.1. The van der Waals surface area contributed by atoms with Gasteiger partial charge in [-0.15, -0.1) is 0 Å². The number of benzene rings is 2. The highest BCUT2D eigenvalue weighted by atomic mass is 16.2. The SMILES string of the molecule is Cn1cc(C(=O)Nc2cccc(C(=O)N3CCC[C@H](Cc4cnc5ccccc5c4)CC3)c2)cn1. The van der Waals surface area contributed by atoms with Gasteiger partial charge in [0.15, 0.2) is 0 Å². The van der Waals surface area contributed by atoms with Gasteiger partial charge in [-0.25, -0.2) is 0 Å². The lowest BCUT2D eigenvalue weighted by Gasteiger charge is -2.21. The summed E-state index contributed by atoms with van der Waals surface area (Å²) in [7, 11) is 1.76. The molecule has 0 spiro atoms. The maximum Gasteiger partial charge on any atom is 0.258 e. The molecule has 2 aromatic carbocycles. The molecule has 0 saturated carbocycles. The van der Waals surface area contributed by atoms with Crippen molar-refractivity contribution in [3.8, 4) is 0 Å². The van der Waals surface area contributed by atoms with Crippen molar-refractivity contribution in [3.05, 3.63) is 89.9 Å². The van der Waals surface area contributed by atoms with Crippen LogP contribution in [0.15, 0.2) is 73.2 Å². The molecule has 1 fully saturated rings. The molecule has 0 aliphatic carbocycles. The zero-order chi connectivity index (χ0) is 24.2. The van der Waals surface area contributed by atoms with Crippen LogP contribution in [0.4, 0.5) is 5.69 Å². The van der Waals surface area contributed by atoms with Gasteiger partial charge in [0.05, 0.1) is 17.3 Å². The van der Waals surface area contributed by atoms with Gasteiger partial charge in [0.2, 0.25) is 0 Å². The summed E-state index contributed by atoms with van der Waals surface area (Å²) in [5.74, 6) is 0.292. The maximum atomic E-state index is 13.3. The third-order valence-electron chi connectivity index (χ3n) is 6.64. The fourth-order valence-corrected chi connectivity index (χ4v) is 4.79. The van der Waals surface area contributed by atoms with Crippen LogP contribution in [0.25, 0.3) is 10.9 Å². The Kier molecular flexibility index (Phi) is 6.57. The molecule has 2 aromatic heterocycles. The zero-order valence-electron chi connectivity index (χ0n) is 19.9. The molecular formula is C28H29N5O2.